The predicted molar refractivity (Wildman–Crippen MR) is 83.7 cm³/mol. The second-order valence-corrected chi connectivity index (χ2v) is 9.69. The number of hydrogen-bond donors (Lipinski definition) is 1. The summed E-state index contributed by atoms with van der Waals surface area (Å²) in [5, 5.41) is 2.80. The number of carbonyl (C=O) groups is 1. The molecule has 20 heavy (non-hydrogen) atoms. The molecule has 1 saturated carbocycles. The molecule has 2 aliphatic rings. The van der Waals surface area contributed by atoms with Crippen molar-refractivity contribution in [3.8, 4) is 0 Å². The molecule has 2 atom stereocenters. The van der Waals surface area contributed by atoms with Crippen LogP contribution in [-0.2, 0) is 14.6 Å². The first-order valence-electron chi connectivity index (χ1n) is 7.59. The summed E-state index contributed by atoms with van der Waals surface area (Å²) in [6, 6.07) is -0.176. The number of rotatable bonds is 5. The third-order valence-corrected chi connectivity index (χ3v) is 7.40. The van der Waals surface area contributed by atoms with Gasteiger partial charge in [-0.15, -0.1) is 11.8 Å². The predicted octanol–water partition coefficient (Wildman–Crippen LogP) is 1.99. The molecule has 1 aliphatic carbocycles. The van der Waals surface area contributed by atoms with E-state index in [1.54, 1.807) is 11.8 Å². The van der Waals surface area contributed by atoms with E-state index in [4.69, 9.17) is 0 Å². The van der Waals surface area contributed by atoms with E-state index in [2.05, 4.69) is 5.32 Å². The molecule has 0 spiro atoms. The Hall–Kier alpha value is -0.230. The number of thioether (sulfide) groups is 1. The van der Waals surface area contributed by atoms with Crippen LogP contribution in [0.3, 0.4) is 0 Å². The van der Waals surface area contributed by atoms with Gasteiger partial charge in [0.2, 0.25) is 5.91 Å². The van der Waals surface area contributed by atoms with Crippen molar-refractivity contribution in [2.45, 2.75) is 56.7 Å². The van der Waals surface area contributed by atoms with Gasteiger partial charge in [0, 0.05) is 6.04 Å². The molecule has 1 aliphatic heterocycles. The lowest BCUT2D eigenvalue weighted by Gasteiger charge is -2.23. The standard InChI is InChI=1S/C14H25NO3S2/c1-11(19-9-12-5-3-2-4-6-12)14(16)15-13-7-8-20(17,18)10-13/h11-13H,2-10H2,1H3,(H,15,16). The fourth-order valence-corrected chi connectivity index (χ4v) is 5.72. The van der Waals surface area contributed by atoms with Gasteiger partial charge in [0.15, 0.2) is 9.84 Å². The minimum Gasteiger partial charge on any atom is -0.351 e. The summed E-state index contributed by atoms with van der Waals surface area (Å²) in [6.07, 6.45) is 7.16. The normalized spacial score (nSPS) is 28.1. The van der Waals surface area contributed by atoms with E-state index < -0.39 is 9.84 Å². The number of nitrogens with one attached hydrogen (secondary N) is 1. The van der Waals surface area contributed by atoms with Crippen LogP contribution in [0.2, 0.25) is 0 Å². The van der Waals surface area contributed by atoms with Crippen molar-refractivity contribution in [1.82, 2.24) is 5.32 Å². The Morgan fingerprint density at radius 3 is 2.55 bits per heavy atom. The van der Waals surface area contributed by atoms with Crippen LogP contribution in [0.4, 0.5) is 0 Å². The average Bonchev–Trinajstić information content (AvgIpc) is 2.76. The highest BCUT2D eigenvalue weighted by atomic mass is 32.2. The van der Waals surface area contributed by atoms with Crippen LogP contribution in [0.1, 0.15) is 45.4 Å². The molecule has 6 heteroatoms. The van der Waals surface area contributed by atoms with Crippen molar-refractivity contribution in [2.24, 2.45) is 5.92 Å². The number of amides is 1. The molecule has 0 radical (unpaired) electrons. The highest BCUT2D eigenvalue weighted by Crippen LogP contribution is 2.28. The van der Waals surface area contributed by atoms with Crippen LogP contribution < -0.4 is 5.32 Å². The van der Waals surface area contributed by atoms with Crippen LogP contribution in [-0.4, -0.2) is 42.9 Å². The van der Waals surface area contributed by atoms with Crippen LogP contribution >= 0.6 is 11.8 Å². The molecule has 0 aromatic carbocycles. The van der Waals surface area contributed by atoms with Gasteiger partial charge in [0.1, 0.15) is 0 Å². The van der Waals surface area contributed by atoms with Gasteiger partial charge in [-0.1, -0.05) is 19.3 Å². The molecular weight excluding hydrogens is 294 g/mol. The summed E-state index contributed by atoms with van der Waals surface area (Å²) in [7, 11) is -2.92. The van der Waals surface area contributed by atoms with E-state index in [-0.39, 0.29) is 28.7 Å². The van der Waals surface area contributed by atoms with E-state index in [9.17, 15) is 13.2 Å². The van der Waals surface area contributed by atoms with Crippen LogP contribution in [0.15, 0.2) is 0 Å². The van der Waals surface area contributed by atoms with Gasteiger partial charge in [-0.25, -0.2) is 8.42 Å². The van der Waals surface area contributed by atoms with E-state index in [0.29, 0.717) is 6.42 Å². The average molecular weight is 319 g/mol. The number of hydrogen-bond acceptors (Lipinski definition) is 4. The van der Waals surface area contributed by atoms with Gasteiger partial charge >= 0.3 is 0 Å². The Morgan fingerprint density at radius 1 is 1.25 bits per heavy atom. The van der Waals surface area contributed by atoms with Gasteiger partial charge in [0.25, 0.3) is 0 Å². The summed E-state index contributed by atoms with van der Waals surface area (Å²) in [6.45, 7) is 1.92. The molecule has 2 rings (SSSR count). The third-order valence-electron chi connectivity index (χ3n) is 4.25. The third kappa shape index (κ3) is 4.95. The van der Waals surface area contributed by atoms with Crippen molar-refractivity contribution in [2.75, 3.05) is 17.3 Å². The van der Waals surface area contributed by atoms with Gasteiger partial charge in [-0.3, -0.25) is 4.79 Å². The number of sulfone groups is 1. The van der Waals surface area contributed by atoms with Gasteiger partial charge in [-0.2, -0.15) is 0 Å². The van der Waals surface area contributed by atoms with Crippen molar-refractivity contribution >= 4 is 27.5 Å². The number of carbonyl (C=O) groups excluding carboxylic acids is 1. The molecule has 1 N–H and O–H groups in total. The fourth-order valence-electron chi connectivity index (χ4n) is 2.94. The topological polar surface area (TPSA) is 63.2 Å². The first-order chi connectivity index (χ1) is 9.46. The second kappa shape index (κ2) is 7.16. The van der Waals surface area contributed by atoms with E-state index in [1.165, 1.54) is 32.1 Å². The summed E-state index contributed by atoms with van der Waals surface area (Å²) < 4.78 is 22.7. The molecular formula is C14H25NO3S2. The Morgan fingerprint density at radius 2 is 1.95 bits per heavy atom. The Labute approximate surface area is 126 Å². The lowest BCUT2D eigenvalue weighted by molar-refractivity contribution is -0.120. The molecule has 0 aromatic heterocycles. The summed E-state index contributed by atoms with van der Waals surface area (Å²) in [4.78, 5) is 12.1. The van der Waals surface area contributed by atoms with Crippen LogP contribution in [0.5, 0.6) is 0 Å². The maximum absolute atomic E-state index is 12.1. The van der Waals surface area contributed by atoms with Crippen molar-refractivity contribution in [3.63, 3.8) is 0 Å². The van der Waals surface area contributed by atoms with Crippen molar-refractivity contribution < 1.29 is 13.2 Å². The van der Waals surface area contributed by atoms with Gasteiger partial charge in [-0.05, 0) is 37.9 Å². The molecule has 0 aromatic rings. The van der Waals surface area contributed by atoms with E-state index in [0.717, 1.165) is 11.7 Å². The van der Waals surface area contributed by atoms with E-state index in [1.807, 2.05) is 6.92 Å². The van der Waals surface area contributed by atoms with Crippen LogP contribution in [0, 0.1) is 5.92 Å². The lowest BCUT2D eigenvalue weighted by atomic mass is 9.91. The quantitative estimate of drug-likeness (QED) is 0.842. The second-order valence-electron chi connectivity index (χ2n) is 6.09. The zero-order chi connectivity index (χ0) is 14.6. The highest BCUT2D eigenvalue weighted by molar-refractivity contribution is 8.00. The Bertz CT molecular complexity index is 430. The molecule has 4 nitrogen and oxygen atoms in total. The highest BCUT2D eigenvalue weighted by Gasteiger charge is 2.30. The lowest BCUT2D eigenvalue weighted by Crippen LogP contribution is -2.40. The van der Waals surface area contributed by atoms with E-state index >= 15 is 0 Å². The van der Waals surface area contributed by atoms with Gasteiger partial charge < -0.3 is 5.32 Å². The molecule has 1 saturated heterocycles. The smallest absolute Gasteiger partial charge is 0.233 e. The minimum atomic E-state index is -2.92. The maximum Gasteiger partial charge on any atom is 0.233 e. The minimum absolute atomic E-state index is 0.00657. The summed E-state index contributed by atoms with van der Waals surface area (Å²) in [5.41, 5.74) is 0. The Kier molecular flexibility index (Phi) is 5.78. The molecule has 2 fully saturated rings. The fraction of sp³-hybridized carbons (Fsp3) is 0.929. The zero-order valence-electron chi connectivity index (χ0n) is 12.1. The monoisotopic (exact) mass is 319 g/mol. The SMILES string of the molecule is CC(SCC1CCCCC1)C(=O)NC1CCS(=O)(=O)C1. The first kappa shape index (κ1) is 16.1. The molecule has 0 bridgehead atoms. The molecule has 1 amide bonds. The maximum atomic E-state index is 12.1. The first-order valence-corrected chi connectivity index (χ1v) is 10.5. The largest absolute Gasteiger partial charge is 0.351 e. The zero-order valence-corrected chi connectivity index (χ0v) is 13.8. The van der Waals surface area contributed by atoms with Gasteiger partial charge in [0.05, 0.1) is 16.8 Å². The molecule has 1 heterocycles. The summed E-state index contributed by atoms with van der Waals surface area (Å²) in [5.74, 6) is 2.13. The Balaban J connectivity index is 1.69. The van der Waals surface area contributed by atoms with Crippen molar-refractivity contribution in [3.05, 3.63) is 0 Å². The van der Waals surface area contributed by atoms with Crippen molar-refractivity contribution in [1.29, 1.82) is 0 Å². The summed E-state index contributed by atoms with van der Waals surface area (Å²) >= 11 is 1.71. The molecule has 2 unspecified atom stereocenters. The molecule has 116 valence electrons. The van der Waals surface area contributed by atoms with Crippen LogP contribution in [0.25, 0.3) is 0 Å².